The summed E-state index contributed by atoms with van der Waals surface area (Å²) in [4.78, 5) is 28.1. The number of pyridine rings is 2. The Labute approximate surface area is 191 Å². The van der Waals surface area contributed by atoms with E-state index < -0.39 is 0 Å². The van der Waals surface area contributed by atoms with Gasteiger partial charge in [0.2, 0.25) is 0 Å². The molecule has 0 atom stereocenters. The van der Waals surface area contributed by atoms with E-state index in [0.717, 1.165) is 48.5 Å². The van der Waals surface area contributed by atoms with E-state index in [1.54, 1.807) is 22.4 Å². The van der Waals surface area contributed by atoms with E-state index >= 15 is 0 Å². The van der Waals surface area contributed by atoms with E-state index in [9.17, 15) is 4.79 Å². The van der Waals surface area contributed by atoms with Crippen molar-refractivity contribution in [1.29, 1.82) is 0 Å². The molecule has 0 aromatic carbocycles. The molecule has 162 valence electrons. The van der Waals surface area contributed by atoms with Gasteiger partial charge in [-0.3, -0.25) is 9.88 Å². The van der Waals surface area contributed by atoms with Crippen LogP contribution >= 0.6 is 23.7 Å². The summed E-state index contributed by atoms with van der Waals surface area (Å²) >= 11 is 1.61. The minimum atomic E-state index is -0.375. The number of anilines is 2. The zero-order valence-electron chi connectivity index (χ0n) is 16.9. The van der Waals surface area contributed by atoms with E-state index in [1.807, 2.05) is 42.2 Å². The third kappa shape index (κ3) is 4.65. The number of hydrogen-bond donors (Lipinski definition) is 1. The van der Waals surface area contributed by atoms with Crippen molar-refractivity contribution in [3.8, 4) is 10.4 Å². The smallest absolute Gasteiger partial charge is 0.416 e. The Morgan fingerprint density at radius 1 is 1.16 bits per heavy atom. The van der Waals surface area contributed by atoms with Crippen LogP contribution in [0.3, 0.4) is 0 Å². The van der Waals surface area contributed by atoms with Crippen LogP contribution in [0.2, 0.25) is 0 Å². The average Bonchev–Trinajstić information content (AvgIpc) is 3.43. The lowest BCUT2D eigenvalue weighted by Gasteiger charge is -2.35. The number of amides is 1. The molecule has 1 N–H and O–H groups in total. The number of carbonyl (C=O) groups excluding carboxylic acids is 1. The number of aromatic nitrogens is 3. The fourth-order valence-corrected chi connectivity index (χ4v) is 4.85. The van der Waals surface area contributed by atoms with Gasteiger partial charge < -0.3 is 10.1 Å². The molecule has 2 aliphatic rings. The number of halogens is 1. The van der Waals surface area contributed by atoms with E-state index in [-0.39, 0.29) is 24.1 Å². The molecule has 0 bridgehead atoms. The standard InChI is InChI=1S/C22H23N5O2S.ClH/c28-21-27(20-3-1-2-10-24-20)14-22(29-21)8-6-16(7-9-22)11-25-19-5-4-17(12-26-19)18-13-23-15-30-18;/h1-5,10,12-13,15-16H,6-9,11,14H2,(H,25,26);1H/t16-,22-;. The summed E-state index contributed by atoms with van der Waals surface area (Å²) in [6, 6.07) is 9.68. The highest BCUT2D eigenvalue weighted by Crippen LogP contribution is 2.40. The fraction of sp³-hybridized carbons (Fsp3) is 0.364. The monoisotopic (exact) mass is 457 g/mol. The largest absolute Gasteiger partial charge is 0.441 e. The van der Waals surface area contributed by atoms with Crippen LogP contribution in [-0.2, 0) is 4.74 Å². The number of nitrogens with one attached hydrogen (secondary N) is 1. The zero-order valence-corrected chi connectivity index (χ0v) is 18.6. The molecule has 1 amide bonds. The molecule has 1 aliphatic heterocycles. The lowest BCUT2D eigenvalue weighted by atomic mass is 9.78. The maximum absolute atomic E-state index is 12.4. The third-order valence-electron chi connectivity index (χ3n) is 5.96. The minimum absolute atomic E-state index is 0. The molecule has 1 spiro atoms. The lowest BCUT2D eigenvalue weighted by molar-refractivity contribution is 0.0148. The summed E-state index contributed by atoms with van der Waals surface area (Å²) in [5, 5.41) is 3.46. The SMILES string of the molecule is Cl.O=C1O[C@]2(CC[C@H](CNc3ccc(-c4cncs4)cn3)CC2)CN1c1ccccn1. The molecule has 0 radical (unpaired) electrons. The molecule has 1 aliphatic carbocycles. The predicted octanol–water partition coefficient (Wildman–Crippen LogP) is 5.02. The van der Waals surface area contributed by atoms with E-state index in [2.05, 4.69) is 26.3 Å². The molecule has 9 heteroatoms. The van der Waals surface area contributed by atoms with E-state index in [1.165, 1.54) is 0 Å². The van der Waals surface area contributed by atoms with Crippen LogP contribution in [-0.4, -0.2) is 39.7 Å². The summed E-state index contributed by atoms with van der Waals surface area (Å²) in [5.41, 5.74) is 2.54. The number of carbonyl (C=O) groups is 1. The fourth-order valence-electron chi connectivity index (χ4n) is 4.23. The molecule has 1 saturated carbocycles. The number of hydrogen-bond acceptors (Lipinski definition) is 7. The topological polar surface area (TPSA) is 80.2 Å². The van der Waals surface area contributed by atoms with Crippen LogP contribution in [0.15, 0.2) is 54.4 Å². The van der Waals surface area contributed by atoms with Gasteiger partial charge in [-0.05, 0) is 55.9 Å². The lowest BCUT2D eigenvalue weighted by Crippen LogP contribution is -2.39. The molecule has 3 aromatic heterocycles. The van der Waals surface area contributed by atoms with Crippen molar-refractivity contribution in [3.63, 3.8) is 0 Å². The highest BCUT2D eigenvalue weighted by atomic mass is 35.5. The van der Waals surface area contributed by atoms with Crippen LogP contribution in [0.1, 0.15) is 25.7 Å². The average molecular weight is 458 g/mol. The molecule has 1 saturated heterocycles. The Morgan fingerprint density at radius 2 is 2.03 bits per heavy atom. The first kappa shape index (κ1) is 21.5. The van der Waals surface area contributed by atoms with Crippen molar-refractivity contribution in [2.75, 3.05) is 23.3 Å². The van der Waals surface area contributed by atoms with Gasteiger partial charge in [0.05, 0.1) is 16.9 Å². The van der Waals surface area contributed by atoms with Crippen LogP contribution in [0.5, 0.6) is 0 Å². The molecule has 2 fully saturated rings. The summed E-state index contributed by atoms with van der Waals surface area (Å²) in [5.74, 6) is 2.09. The molecular weight excluding hydrogens is 434 g/mol. The van der Waals surface area contributed by atoms with Crippen LogP contribution in [0.4, 0.5) is 16.4 Å². The van der Waals surface area contributed by atoms with Gasteiger partial charge in [-0.2, -0.15) is 0 Å². The quantitative estimate of drug-likeness (QED) is 0.579. The normalized spacial score (nSPS) is 22.8. The maximum Gasteiger partial charge on any atom is 0.416 e. The van der Waals surface area contributed by atoms with Gasteiger partial charge in [-0.1, -0.05) is 6.07 Å². The van der Waals surface area contributed by atoms with Gasteiger partial charge in [0.1, 0.15) is 17.2 Å². The Hall–Kier alpha value is -2.71. The number of rotatable bonds is 5. The first-order valence-corrected chi connectivity index (χ1v) is 11.1. The van der Waals surface area contributed by atoms with Crippen molar-refractivity contribution in [3.05, 3.63) is 54.4 Å². The Balaban J connectivity index is 0.00000231. The molecule has 31 heavy (non-hydrogen) atoms. The maximum atomic E-state index is 12.4. The third-order valence-corrected chi connectivity index (χ3v) is 6.79. The van der Waals surface area contributed by atoms with E-state index in [4.69, 9.17) is 4.74 Å². The number of thiazole rings is 1. The second-order valence-electron chi connectivity index (χ2n) is 7.95. The van der Waals surface area contributed by atoms with Gasteiger partial charge in [-0.15, -0.1) is 23.7 Å². The van der Waals surface area contributed by atoms with E-state index in [0.29, 0.717) is 18.3 Å². The summed E-state index contributed by atoms with van der Waals surface area (Å²) in [6.07, 6.45) is 8.97. The van der Waals surface area contributed by atoms with Gasteiger partial charge in [0.15, 0.2) is 0 Å². The van der Waals surface area contributed by atoms with Gasteiger partial charge in [-0.25, -0.2) is 14.8 Å². The second kappa shape index (κ2) is 9.20. The Kier molecular flexibility index (Phi) is 6.38. The zero-order chi connectivity index (χ0) is 20.4. The first-order valence-electron chi connectivity index (χ1n) is 10.2. The minimum Gasteiger partial charge on any atom is -0.441 e. The van der Waals surface area contributed by atoms with Crippen molar-refractivity contribution in [1.82, 2.24) is 15.0 Å². The van der Waals surface area contributed by atoms with Crippen molar-refractivity contribution < 1.29 is 9.53 Å². The molecule has 5 rings (SSSR count). The summed E-state index contributed by atoms with van der Waals surface area (Å²) < 4.78 is 5.83. The highest BCUT2D eigenvalue weighted by Gasteiger charge is 2.47. The van der Waals surface area contributed by atoms with Crippen molar-refractivity contribution >= 4 is 41.5 Å². The Bertz CT molecular complexity index is 993. The van der Waals surface area contributed by atoms with Crippen LogP contribution in [0.25, 0.3) is 10.4 Å². The first-order chi connectivity index (χ1) is 14.7. The van der Waals surface area contributed by atoms with Crippen molar-refractivity contribution in [2.24, 2.45) is 5.92 Å². The van der Waals surface area contributed by atoms with Gasteiger partial charge in [0.25, 0.3) is 0 Å². The van der Waals surface area contributed by atoms with Gasteiger partial charge >= 0.3 is 6.09 Å². The number of nitrogens with zero attached hydrogens (tertiary/aromatic N) is 4. The molecule has 7 nitrogen and oxygen atoms in total. The van der Waals surface area contributed by atoms with Crippen LogP contribution < -0.4 is 10.2 Å². The molecule has 0 unspecified atom stereocenters. The molecule has 4 heterocycles. The highest BCUT2D eigenvalue weighted by molar-refractivity contribution is 7.13. The molecular formula is C22H24ClN5O2S. The van der Waals surface area contributed by atoms with Crippen molar-refractivity contribution in [2.45, 2.75) is 31.3 Å². The Morgan fingerprint density at radius 3 is 2.71 bits per heavy atom. The summed E-state index contributed by atoms with van der Waals surface area (Å²) in [6.45, 7) is 1.46. The second-order valence-corrected chi connectivity index (χ2v) is 8.83. The summed E-state index contributed by atoms with van der Waals surface area (Å²) in [7, 11) is 0. The number of ether oxygens (including phenoxy) is 1. The predicted molar refractivity (Wildman–Crippen MR) is 124 cm³/mol. The van der Waals surface area contributed by atoms with Crippen LogP contribution in [0, 0.1) is 5.92 Å². The molecule has 3 aromatic rings. The van der Waals surface area contributed by atoms with Gasteiger partial charge in [0, 0.05) is 30.7 Å².